The fourth-order valence-electron chi connectivity index (χ4n) is 6.11. The molecule has 0 aliphatic carbocycles. The van der Waals surface area contributed by atoms with Crippen molar-refractivity contribution in [3.05, 3.63) is 112 Å². The number of aryl methyl sites for hydroxylation is 1. The largest absolute Gasteiger partial charge is 0.480 e. The number of benzene rings is 4. The molecule has 0 fully saturated rings. The number of unbranched alkanes of at least 4 members (excludes halogenated alkanes) is 2. The molecule has 15 heteroatoms. The second kappa shape index (κ2) is 15.2. The normalized spacial score (nSPS) is 14.5. The van der Waals surface area contributed by atoms with Crippen molar-refractivity contribution in [2.75, 3.05) is 6.54 Å². The molecular weight excluding hydrogens is 729 g/mol. The molecular formula is C37H35F6N3O4S2. The fraction of sp³-hybridized carbons (Fsp3) is 0.270. The Balaban J connectivity index is 0.000000297. The molecule has 1 aromatic heterocycles. The highest BCUT2D eigenvalue weighted by Gasteiger charge is 2.47. The molecule has 7 nitrogen and oxygen atoms in total. The van der Waals surface area contributed by atoms with Gasteiger partial charge >= 0.3 is 11.0 Å². The van der Waals surface area contributed by atoms with Gasteiger partial charge in [-0.15, -0.1) is 0 Å². The number of alkyl halides is 6. The average molecular weight is 764 g/mol. The number of nitrogens with zero attached hydrogens (tertiary/aromatic N) is 3. The molecule has 0 saturated heterocycles. The number of aromatic nitrogens is 1. The van der Waals surface area contributed by atoms with Gasteiger partial charge in [0.1, 0.15) is 6.54 Å². The SMILES string of the molecule is CCCCn1\c(=C/C=C/C=C/C2=[N+](CCCC)c3cccc4cccc2c34)c2cccc3cccc1c32.O=S(=O)([N-]S(=O)(=O)C(F)(F)F)C(F)(F)F. The first-order valence-electron chi connectivity index (χ1n) is 16.4. The molecule has 0 spiro atoms. The van der Waals surface area contributed by atoms with E-state index in [2.05, 4.69) is 126 Å². The lowest BCUT2D eigenvalue weighted by atomic mass is 10.0. The molecule has 1 aliphatic rings. The topological polar surface area (TPSA) is 90.3 Å². The van der Waals surface area contributed by atoms with E-state index in [4.69, 9.17) is 0 Å². The third kappa shape index (κ3) is 7.81. The Bertz CT molecular complexity index is 2430. The van der Waals surface area contributed by atoms with Crippen LogP contribution in [0, 0.1) is 0 Å². The van der Waals surface area contributed by atoms with Crippen molar-refractivity contribution in [1.82, 2.24) is 4.57 Å². The third-order valence-corrected chi connectivity index (χ3v) is 11.2. The van der Waals surface area contributed by atoms with E-state index in [0.29, 0.717) is 0 Å². The first kappa shape index (κ1) is 38.8. The minimum Gasteiger partial charge on any atom is -0.421 e. The van der Waals surface area contributed by atoms with E-state index >= 15 is 0 Å². The summed E-state index contributed by atoms with van der Waals surface area (Å²) in [6.07, 6.45) is 15.9. The molecule has 5 aromatic rings. The smallest absolute Gasteiger partial charge is 0.421 e. The maximum Gasteiger partial charge on any atom is 0.480 e. The number of rotatable bonds is 11. The Morgan fingerprint density at radius 3 is 1.90 bits per heavy atom. The Morgan fingerprint density at radius 2 is 1.29 bits per heavy atom. The van der Waals surface area contributed by atoms with Crippen molar-refractivity contribution in [2.45, 2.75) is 57.1 Å². The van der Waals surface area contributed by atoms with Crippen LogP contribution in [0.3, 0.4) is 0 Å². The standard InChI is InChI=1S/C35H35N2.C2F6NO4S2/c1-3-5-24-36-30(28-18-10-14-26-16-12-22-32(36)34(26)28)20-8-7-9-21-31-29-19-11-15-27-17-13-23-33(35(27)29)37(31)25-6-4-2;3-1(4,5)14(10,11)9-15(12,13)2(6,7)8/h7-23H,3-6,24-25H2,1-2H3;/q+1;-1. The summed E-state index contributed by atoms with van der Waals surface area (Å²) in [5.41, 5.74) is -7.07. The van der Waals surface area contributed by atoms with Crippen molar-refractivity contribution in [3.8, 4) is 0 Å². The van der Waals surface area contributed by atoms with Crippen molar-refractivity contribution in [3.63, 3.8) is 0 Å². The van der Waals surface area contributed by atoms with E-state index < -0.39 is 31.1 Å². The van der Waals surface area contributed by atoms with Crippen molar-refractivity contribution in [1.29, 1.82) is 0 Å². The van der Waals surface area contributed by atoms with Crippen LogP contribution in [0.2, 0.25) is 0 Å². The summed E-state index contributed by atoms with van der Waals surface area (Å²) in [5.74, 6) is 0. The number of hydrogen-bond acceptors (Lipinski definition) is 4. The summed E-state index contributed by atoms with van der Waals surface area (Å²) < 4.78 is 114. The Labute approximate surface area is 297 Å². The minimum absolute atomic E-state index is 0.778. The summed E-state index contributed by atoms with van der Waals surface area (Å²) in [6.45, 7) is 6.63. The fourth-order valence-corrected chi connectivity index (χ4v) is 7.82. The lowest BCUT2D eigenvalue weighted by Crippen LogP contribution is -2.30. The molecule has 276 valence electrons. The molecule has 0 radical (unpaired) electrons. The van der Waals surface area contributed by atoms with Gasteiger partial charge in [-0.1, -0.05) is 99.5 Å². The van der Waals surface area contributed by atoms with Crippen LogP contribution in [0.4, 0.5) is 32.0 Å². The van der Waals surface area contributed by atoms with Gasteiger partial charge in [0.05, 0.1) is 10.9 Å². The van der Waals surface area contributed by atoms with Gasteiger partial charge in [0.15, 0.2) is 20.0 Å². The van der Waals surface area contributed by atoms with Crippen LogP contribution >= 0.6 is 0 Å². The predicted molar refractivity (Wildman–Crippen MR) is 193 cm³/mol. The van der Waals surface area contributed by atoms with Crippen LogP contribution in [-0.2, 0) is 26.6 Å². The Hall–Kier alpha value is -4.47. The molecule has 0 saturated carbocycles. The molecule has 0 N–H and O–H groups in total. The highest BCUT2D eigenvalue weighted by atomic mass is 32.3. The van der Waals surface area contributed by atoms with E-state index in [1.807, 2.05) is 0 Å². The van der Waals surface area contributed by atoms with Crippen LogP contribution in [0.5, 0.6) is 0 Å². The second-order valence-electron chi connectivity index (χ2n) is 12.0. The van der Waals surface area contributed by atoms with E-state index in [1.165, 1.54) is 80.4 Å². The van der Waals surface area contributed by atoms with Crippen LogP contribution in [0.15, 0.2) is 97.1 Å². The molecule has 4 aromatic carbocycles. The second-order valence-corrected chi connectivity index (χ2v) is 15.4. The van der Waals surface area contributed by atoms with Crippen LogP contribution < -0.4 is 5.35 Å². The predicted octanol–water partition coefficient (Wildman–Crippen LogP) is 9.37. The summed E-state index contributed by atoms with van der Waals surface area (Å²) in [5, 5.41) is 8.06. The number of halogens is 6. The van der Waals surface area contributed by atoms with E-state index in [0.717, 1.165) is 17.2 Å². The Morgan fingerprint density at radius 1 is 0.712 bits per heavy atom. The number of hydrogen-bond donors (Lipinski definition) is 0. The van der Waals surface area contributed by atoms with Crippen molar-refractivity contribution < 1.29 is 47.8 Å². The van der Waals surface area contributed by atoms with Gasteiger partial charge in [-0.05, 0) is 35.4 Å². The van der Waals surface area contributed by atoms with E-state index in [9.17, 15) is 43.2 Å². The molecule has 6 rings (SSSR count). The molecule has 0 atom stereocenters. The summed E-state index contributed by atoms with van der Waals surface area (Å²) in [4.78, 5) is 0. The molecule has 0 unspecified atom stereocenters. The van der Waals surface area contributed by atoms with Gasteiger partial charge in [0.2, 0.25) is 11.4 Å². The first-order chi connectivity index (χ1) is 24.5. The first-order valence-corrected chi connectivity index (χ1v) is 19.3. The minimum atomic E-state index is -6.72. The van der Waals surface area contributed by atoms with Gasteiger partial charge in [0, 0.05) is 46.7 Å². The highest BCUT2D eigenvalue weighted by molar-refractivity contribution is 8.13. The zero-order valence-electron chi connectivity index (χ0n) is 28.1. The van der Waals surface area contributed by atoms with Crippen LogP contribution in [0.25, 0.3) is 42.7 Å². The van der Waals surface area contributed by atoms with Crippen LogP contribution in [-0.4, -0.2) is 49.3 Å². The zero-order valence-corrected chi connectivity index (χ0v) is 29.7. The van der Waals surface area contributed by atoms with E-state index in [1.54, 1.807) is 0 Å². The van der Waals surface area contributed by atoms with Crippen molar-refractivity contribution in [2.24, 2.45) is 0 Å². The molecule has 0 bridgehead atoms. The van der Waals surface area contributed by atoms with Gasteiger partial charge in [-0.3, -0.25) is 0 Å². The molecule has 2 heterocycles. The van der Waals surface area contributed by atoms with E-state index in [-0.39, 0.29) is 0 Å². The van der Waals surface area contributed by atoms with Gasteiger partial charge in [-0.25, -0.2) is 16.8 Å². The Kier molecular flexibility index (Phi) is 11.4. The summed E-state index contributed by atoms with van der Waals surface area (Å²) in [6, 6.07) is 26.7. The number of allylic oxidation sites excluding steroid dienone is 4. The summed E-state index contributed by atoms with van der Waals surface area (Å²) in [7, 11) is -13.4. The molecule has 52 heavy (non-hydrogen) atoms. The lowest BCUT2D eigenvalue weighted by molar-refractivity contribution is -0.436. The monoisotopic (exact) mass is 763 g/mol. The summed E-state index contributed by atoms with van der Waals surface area (Å²) >= 11 is 0. The van der Waals surface area contributed by atoms with Gasteiger partial charge in [-0.2, -0.15) is 30.9 Å². The van der Waals surface area contributed by atoms with Gasteiger partial charge < -0.3 is 8.69 Å². The highest BCUT2D eigenvalue weighted by Crippen LogP contribution is 2.37. The van der Waals surface area contributed by atoms with Gasteiger partial charge in [0.25, 0.3) is 0 Å². The quantitative estimate of drug-likeness (QED) is 0.0762. The number of sulfonamides is 2. The average Bonchev–Trinajstić information content (AvgIpc) is 3.55. The molecule has 1 aliphatic heterocycles. The lowest BCUT2D eigenvalue weighted by Gasteiger charge is -2.22. The van der Waals surface area contributed by atoms with Crippen LogP contribution in [0.1, 0.15) is 45.1 Å². The maximum atomic E-state index is 11.4. The molecule has 0 amide bonds. The maximum absolute atomic E-state index is 11.4. The third-order valence-electron chi connectivity index (χ3n) is 8.46. The zero-order chi connectivity index (χ0) is 37.9. The van der Waals surface area contributed by atoms with Crippen molar-refractivity contribution >= 4 is 70.0 Å².